The van der Waals surface area contributed by atoms with Crippen molar-refractivity contribution in [3.8, 4) is 11.4 Å². The molecular weight excluding hydrogens is 408 g/mol. The Balaban J connectivity index is 1.53. The van der Waals surface area contributed by atoms with Gasteiger partial charge in [0.25, 0.3) is 0 Å². The summed E-state index contributed by atoms with van der Waals surface area (Å²) in [6.45, 7) is 0.624. The SMILES string of the molecule is Brc1cccc(OCCSc2nc3ccccc3n2-c2ccccc2)c1. The highest BCUT2D eigenvalue weighted by molar-refractivity contribution is 9.10. The van der Waals surface area contributed by atoms with E-state index in [4.69, 9.17) is 9.72 Å². The fourth-order valence-electron chi connectivity index (χ4n) is 2.78. The first-order valence-corrected chi connectivity index (χ1v) is 10.1. The van der Waals surface area contributed by atoms with Crippen LogP contribution in [0.25, 0.3) is 16.7 Å². The first-order chi connectivity index (χ1) is 12.8. The second-order valence-corrected chi connectivity index (χ2v) is 7.69. The molecule has 0 radical (unpaired) electrons. The lowest BCUT2D eigenvalue weighted by atomic mass is 10.3. The molecule has 0 fully saturated rings. The average Bonchev–Trinajstić information content (AvgIpc) is 3.04. The summed E-state index contributed by atoms with van der Waals surface area (Å²) in [5.74, 6) is 1.69. The van der Waals surface area contributed by atoms with Gasteiger partial charge in [-0.1, -0.05) is 64.1 Å². The van der Waals surface area contributed by atoms with Gasteiger partial charge in [-0.05, 0) is 42.5 Å². The standard InChI is InChI=1S/C21H17BrN2OS/c22-16-7-6-10-18(15-16)25-13-14-26-21-23-19-11-4-5-12-20(19)24(21)17-8-2-1-3-9-17/h1-12,15H,13-14H2. The van der Waals surface area contributed by atoms with Gasteiger partial charge >= 0.3 is 0 Å². The van der Waals surface area contributed by atoms with Crippen molar-refractivity contribution < 1.29 is 4.74 Å². The summed E-state index contributed by atoms with van der Waals surface area (Å²) in [5.41, 5.74) is 3.25. The molecule has 130 valence electrons. The minimum atomic E-state index is 0.624. The van der Waals surface area contributed by atoms with Crippen LogP contribution in [-0.4, -0.2) is 21.9 Å². The molecule has 0 bridgehead atoms. The monoisotopic (exact) mass is 424 g/mol. The van der Waals surface area contributed by atoms with Crippen LogP contribution in [0, 0.1) is 0 Å². The Morgan fingerprint density at radius 3 is 2.58 bits per heavy atom. The molecule has 3 aromatic carbocycles. The van der Waals surface area contributed by atoms with E-state index in [0.29, 0.717) is 6.61 Å². The Hall–Kier alpha value is -2.24. The number of para-hydroxylation sites is 3. The number of rotatable bonds is 6. The number of hydrogen-bond donors (Lipinski definition) is 0. The quantitative estimate of drug-likeness (QED) is 0.282. The highest BCUT2D eigenvalue weighted by Gasteiger charge is 2.12. The van der Waals surface area contributed by atoms with Gasteiger partial charge in [0.2, 0.25) is 0 Å². The van der Waals surface area contributed by atoms with Crippen LogP contribution in [0.5, 0.6) is 5.75 Å². The maximum atomic E-state index is 5.84. The van der Waals surface area contributed by atoms with E-state index in [2.05, 4.69) is 56.9 Å². The molecule has 26 heavy (non-hydrogen) atoms. The molecule has 0 aliphatic carbocycles. The zero-order valence-electron chi connectivity index (χ0n) is 14.0. The van der Waals surface area contributed by atoms with Gasteiger partial charge in [-0.3, -0.25) is 4.57 Å². The molecule has 5 heteroatoms. The third kappa shape index (κ3) is 3.79. The Kier molecular flexibility index (Phi) is 5.27. The number of ether oxygens (including phenoxy) is 1. The summed E-state index contributed by atoms with van der Waals surface area (Å²) in [5, 5.41) is 0.982. The molecule has 0 atom stereocenters. The van der Waals surface area contributed by atoms with E-state index in [1.807, 2.05) is 42.5 Å². The third-order valence-electron chi connectivity index (χ3n) is 3.92. The predicted molar refractivity (Wildman–Crippen MR) is 111 cm³/mol. The number of nitrogens with zero attached hydrogens (tertiary/aromatic N) is 2. The normalized spacial score (nSPS) is 11.0. The number of halogens is 1. The van der Waals surface area contributed by atoms with Crippen LogP contribution in [-0.2, 0) is 0 Å². The van der Waals surface area contributed by atoms with Crippen molar-refractivity contribution in [3.63, 3.8) is 0 Å². The van der Waals surface area contributed by atoms with E-state index in [1.165, 1.54) is 0 Å². The lowest BCUT2D eigenvalue weighted by Gasteiger charge is -2.09. The van der Waals surface area contributed by atoms with Crippen molar-refractivity contribution >= 4 is 38.7 Å². The Morgan fingerprint density at radius 1 is 0.923 bits per heavy atom. The van der Waals surface area contributed by atoms with Crippen LogP contribution >= 0.6 is 27.7 Å². The van der Waals surface area contributed by atoms with Crippen molar-refractivity contribution in [2.45, 2.75) is 5.16 Å². The molecule has 1 heterocycles. The number of imidazole rings is 1. The number of aromatic nitrogens is 2. The maximum Gasteiger partial charge on any atom is 0.173 e. The van der Waals surface area contributed by atoms with Gasteiger partial charge in [0.05, 0.1) is 17.6 Å². The number of benzene rings is 3. The molecule has 0 amide bonds. The lowest BCUT2D eigenvalue weighted by molar-refractivity contribution is 0.343. The summed E-state index contributed by atoms with van der Waals surface area (Å²) in [6.07, 6.45) is 0. The second kappa shape index (κ2) is 7.98. The van der Waals surface area contributed by atoms with E-state index in [0.717, 1.165) is 37.9 Å². The molecule has 3 nitrogen and oxygen atoms in total. The van der Waals surface area contributed by atoms with Gasteiger partial charge in [-0.2, -0.15) is 0 Å². The van der Waals surface area contributed by atoms with Crippen LogP contribution in [0.4, 0.5) is 0 Å². The van der Waals surface area contributed by atoms with E-state index in [-0.39, 0.29) is 0 Å². The molecule has 4 aromatic rings. The fraction of sp³-hybridized carbons (Fsp3) is 0.0952. The van der Waals surface area contributed by atoms with Crippen LogP contribution in [0.15, 0.2) is 88.5 Å². The van der Waals surface area contributed by atoms with Crippen molar-refractivity contribution in [3.05, 3.63) is 83.3 Å². The number of thioether (sulfide) groups is 1. The summed E-state index contributed by atoms with van der Waals surface area (Å²) >= 11 is 5.17. The van der Waals surface area contributed by atoms with Crippen molar-refractivity contribution in [1.29, 1.82) is 0 Å². The molecule has 0 aliphatic heterocycles. The highest BCUT2D eigenvalue weighted by atomic mass is 79.9. The van der Waals surface area contributed by atoms with Crippen molar-refractivity contribution in [2.75, 3.05) is 12.4 Å². The van der Waals surface area contributed by atoms with Gasteiger partial charge in [0.1, 0.15) is 5.75 Å². The molecule has 1 aromatic heterocycles. The van der Waals surface area contributed by atoms with E-state index < -0.39 is 0 Å². The van der Waals surface area contributed by atoms with Crippen molar-refractivity contribution in [2.24, 2.45) is 0 Å². The van der Waals surface area contributed by atoms with E-state index in [1.54, 1.807) is 11.8 Å². The maximum absolute atomic E-state index is 5.84. The second-order valence-electron chi connectivity index (χ2n) is 5.71. The molecular formula is C21H17BrN2OS. The minimum absolute atomic E-state index is 0.624. The van der Waals surface area contributed by atoms with Gasteiger partial charge in [0, 0.05) is 15.9 Å². The topological polar surface area (TPSA) is 27.1 Å². The van der Waals surface area contributed by atoms with Crippen LogP contribution in [0.2, 0.25) is 0 Å². The fourth-order valence-corrected chi connectivity index (χ4v) is 4.00. The predicted octanol–water partition coefficient (Wildman–Crippen LogP) is 5.96. The smallest absolute Gasteiger partial charge is 0.173 e. The highest BCUT2D eigenvalue weighted by Crippen LogP contribution is 2.28. The Labute approximate surface area is 165 Å². The molecule has 0 saturated heterocycles. The number of hydrogen-bond acceptors (Lipinski definition) is 3. The molecule has 0 aliphatic rings. The molecule has 0 N–H and O–H groups in total. The minimum Gasteiger partial charge on any atom is -0.493 e. The molecule has 0 spiro atoms. The summed E-state index contributed by atoms with van der Waals surface area (Å²) < 4.78 is 9.07. The van der Waals surface area contributed by atoms with E-state index >= 15 is 0 Å². The molecule has 0 saturated carbocycles. The average molecular weight is 425 g/mol. The van der Waals surface area contributed by atoms with Gasteiger partial charge in [-0.15, -0.1) is 0 Å². The summed E-state index contributed by atoms with van der Waals surface area (Å²) in [4.78, 5) is 4.81. The number of fused-ring (bicyclic) bond motifs is 1. The van der Waals surface area contributed by atoms with Crippen molar-refractivity contribution in [1.82, 2.24) is 9.55 Å². The summed E-state index contributed by atoms with van der Waals surface area (Å²) in [7, 11) is 0. The summed E-state index contributed by atoms with van der Waals surface area (Å²) in [6, 6.07) is 26.5. The first kappa shape index (κ1) is 17.2. The van der Waals surface area contributed by atoms with Crippen LogP contribution in [0.3, 0.4) is 0 Å². The van der Waals surface area contributed by atoms with Gasteiger partial charge in [-0.25, -0.2) is 4.98 Å². The van der Waals surface area contributed by atoms with Gasteiger partial charge in [0.15, 0.2) is 5.16 Å². The van der Waals surface area contributed by atoms with Crippen LogP contribution < -0.4 is 4.74 Å². The first-order valence-electron chi connectivity index (χ1n) is 8.35. The lowest BCUT2D eigenvalue weighted by Crippen LogP contribution is -2.02. The van der Waals surface area contributed by atoms with Crippen LogP contribution in [0.1, 0.15) is 0 Å². The Bertz CT molecular complexity index is 1020. The zero-order valence-corrected chi connectivity index (χ0v) is 16.4. The van der Waals surface area contributed by atoms with E-state index in [9.17, 15) is 0 Å². The third-order valence-corrected chi connectivity index (χ3v) is 5.32. The molecule has 4 rings (SSSR count). The largest absolute Gasteiger partial charge is 0.493 e. The van der Waals surface area contributed by atoms with Gasteiger partial charge < -0.3 is 4.74 Å². The molecule has 0 unspecified atom stereocenters. The zero-order chi connectivity index (χ0) is 17.8. The Morgan fingerprint density at radius 2 is 1.73 bits per heavy atom.